The summed E-state index contributed by atoms with van der Waals surface area (Å²) in [7, 11) is 0. The summed E-state index contributed by atoms with van der Waals surface area (Å²) in [4.78, 5) is 11.6. The third-order valence-electron chi connectivity index (χ3n) is 1.91. The topological polar surface area (TPSA) is 17.1 Å². The van der Waals surface area contributed by atoms with Gasteiger partial charge in [-0.25, -0.2) is 0 Å². The summed E-state index contributed by atoms with van der Waals surface area (Å²) in [6, 6.07) is 7.48. The Bertz CT molecular complexity index is 300. The van der Waals surface area contributed by atoms with Crippen molar-refractivity contribution in [3.05, 3.63) is 42.3 Å². The summed E-state index contributed by atoms with van der Waals surface area (Å²) in [5, 5.41) is 0. The van der Waals surface area contributed by atoms with E-state index in [4.69, 9.17) is 0 Å². The predicted octanol–water partition coefficient (Wildman–Crippen LogP) is 3.10. The average Bonchev–Trinajstić information content (AvgIpc) is 2.03. The van der Waals surface area contributed by atoms with Gasteiger partial charge in [0.25, 0.3) is 0 Å². The van der Waals surface area contributed by atoms with Gasteiger partial charge in [-0.05, 0) is 18.4 Å². The Morgan fingerprint density at radius 2 is 2.00 bits per heavy atom. The molecule has 0 bridgehead atoms. The van der Waals surface area contributed by atoms with E-state index in [0.717, 1.165) is 11.1 Å². The number of carbonyl (C=O) groups excluding carboxylic acids is 1. The Morgan fingerprint density at radius 1 is 1.38 bits per heavy atom. The molecule has 13 heavy (non-hydrogen) atoms. The monoisotopic (exact) mass is 175 g/mol. The van der Waals surface area contributed by atoms with Crippen LogP contribution in [0, 0.1) is 12.8 Å². The minimum Gasteiger partial charge on any atom is -0.294 e. The van der Waals surface area contributed by atoms with E-state index in [1.165, 1.54) is 0 Å². The summed E-state index contributed by atoms with van der Waals surface area (Å²) in [6.07, 6.45) is 0.604. The zero-order valence-electron chi connectivity index (χ0n) is 8.21. The molecule has 0 aliphatic carbocycles. The maximum atomic E-state index is 11.6. The van der Waals surface area contributed by atoms with E-state index in [9.17, 15) is 4.79 Å². The highest BCUT2D eigenvalue weighted by atomic mass is 16.1. The zero-order valence-corrected chi connectivity index (χ0v) is 8.21. The fourth-order valence-corrected chi connectivity index (χ4v) is 1.27. The summed E-state index contributed by atoms with van der Waals surface area (Å²) >= 11 is 0. The molecule has 69 valence electrons. The molecule has 1 nitrogen and oxygen atoms in total. The van der Waals surface area contributed by atoms with Crippen LogP contribution < -0.4 is 0 Å². The third kappa shape index (κ3) is 2.69. The molecule has 0 saturated carbocycles. The maximum absolute atomic E-state index is 11.6. The van der Waals surface area contributed by atoms with Gasteiger partial charge in [0.15, 0.2) is 5.78 Å². The van der Waals surface area contributed by atoms with Gasteiger partial charge in [-0.3, -0.25) is 4.79 Å². The van der Waals surface area contributed by atoms with Gasteiger partial charge in [0.05, 0.1) is 0 Å². The van der Waals surface area contributed by atoms with Crippen molar-refractivity contribution in [1.82, 2.24) is 0 Å². The largest absolute Gasteiger partial charge is 0.294 e. The van der Waals surface area contributed by atoms with E-state index >= 15 is 0 Å². The molecule has 1 aromatic rings. The van der Waals surface area contributed by atoms with Crippen LogP contribution in [-0.4, -0.2) is 5.78 Å². The normalized spacial score (nSPS) is 10.5. The molecule has 0 aliphatic rings. The van der Waals surface area contributed by atoms with E-state index in [1.807, 2.05) is 38.1 Å². The molecule has 0 saturated heterocycles. The predicted molar refractivity (Wildman–Crippen MR) is 54.7 cm³/mol. The van der Waals surface area contributed by atoms with Crippen molar-refractivity contribution in [1.29, 1.82) is 0 Å². The molecule has 0 spiro atoms. The molecule has 0 unspecified atom stereocenters. The van der Waals surface area contributed by atoms with Crippen LogP contribution in [0.1, 0.15) is 36.2 Å². The van der Waals surface area contributed by atoms with Crippen molar-refractivity contribution >= 4 is 5.78 Å². The first-order valence-electron chi connectivity index (χ1n) is 4.55. The van der Waals surface area contributed by atoms with Crippen LogP contribution in [0.4, 0.5) is 0 Å². The Labute approximate surface area is 79.8 Å². The van der Waals surface area contributed by atoms with E-state index in [2.05, 4.69) is 6.92 Å². The van der Waals surface area contributed by atoms with E-state index < -0.39 is 0 Å². The number of hydrogen-bond acceptors (Lipinski definition) is 1. The standard InChI is InChI=1S/C12H15O/c1-9(2)8-12(13)11-7-5-4-6-10(11)3/h4-7,9H,3,8H2,1-2H3. The lowest BCUT2D eigenvalue weighted by atomic mass is 9.98. The highest BCUT2D eigenvalue weighted by Crippen LogP contribution is 2.12. The number of benzene rings is 1. The molecule has 0 aliphatic heterocycles. The maximum Gasteiger partial charge on any atom is 0.163 e. The van der Waals surface area contributed by atoms with Gasteiger partial charge in [0.1, 0.15) is 0 Å². The van der Waals surface area contributed by atoms with Crippen molar-refractivity contribution in [2.75, 3.05) is 0 Å². The van der Waals surface area contributed by atoms with Gasteiger partial charge in [-0.15, -0.1) is 0 Å². The Kier molecular flexibility index (Phi) is 3.24. The molecular formula is C12H15O. The Balaban J connectivity index is 2.83. The number of carbonyl (C=O) groups is 1. The Morgan fingerprint density at radius 3 is 2.54 bits per heavy atom. The van der Waals surface area contributed by atoms with Gasteiger partial charge >= 0.3 is 0 Å². The first kappa shape index (κ1) is 9.97. The fraction of sp³-hybridized carbons (Fsp3) is 0.333. The molecule has 1 radical (unpaired) electrons. The van der Waals surface area contributed by atoms with Crippen LogP contribution >= 0.6 is 0 Å². The smallest absolute Gasteiger partial charge is 0.163 e. The van der Waals surface area contributed by atoms with Crippen LogP contribution in [0.15, 0.2) is 24.3 Å². The molecule has 0 amide bonds. The van der Waals surface area contributed by atoms with Crippen molar-refractivity contribution in [2.24, 2.45) is 5.92 Å². The quantitative estimate of drug-likeness (QED) is 0.645. The minimum absolute atomic E-state index is 0.195. The van der Waals surface area contributed by atoms with Gasteiger partial charge in [0, 0.05) is 12.0 Å². The fourth-order valence-electron chi connectivity index (χ4n) is 1.27. The molecule has 0 fully saturated rings. The van der Waals surface area contributed by atoms with Crippen LogP contribution in [-0.2, 0) is 0 Å². The second-order valence-electron chi connectivity index (χ2n) is 3.68. The second kappa shape index (κ2) is 4.22. The molecule has 0 N–H and O–H groups in total. The third-order valence-corrected chi connectivity index (χ3v) is 1.91. The lowest BCUT2D eigenvalue weighted by Crippen LogP contribution is -2.04. The van der Waals surface area contributed by atoms with Gasteiger partial charge < -0.3 is 0 Å². The van der Waals surface area contributed by atoms with E-state index in [0.29, 0.717) is 12.3 Å². The first-order valence-corrected chi connectivity index (χ1v) is 4.55. The highest BCUT2D eigenvalue weighted by molar-refractivity contribution is 5.97. The average molecular weight is 175 g/mol. The molecule has 1 rings (SSSR count). The molecule has 1 heteroatoms. The Hall–Kier alpha value is -1.11. The number of rotatable bonds is 3. The first-order chi connectivity index (χ1) is 6.11. The van der Waals surface area contributed by atoms with Crippen molar-refractivity contribution in [3.63, 3.8) is 0 Å². The van der Waals surface area contributed by atoms with Crippen molar-refractivity contribution in [2.45, 2.75) is 20.3 Å². The van der Waals surface area contributed by atoms with Crippen LogP contribution in [0.2, 0.25) is 0 Å². The summed E-state index contributed by atoms with van der Waals surface area (Å²) < 4.78 is 0. The lowest BCUT2D eigenvalue weighted by Gasteiger charge is -2.05. The van der Waals surface area contributed by atoms with Crippen molar-refractivity contribution < 1.29 is 4.79 Å². The van der Waals surface area contributed by atoms with E-state index in [-0.39, 0.29) is 5.78 Å². The molecular weight excluding hydrogens is 160 g/mol. The van der Waals surface area contributed by atoms with Crippen LogP contribution in [0.5, 0.6) is 0 Å². The minimum atomic E-state index is 0.195. The van der Waals surface area contributed by atoms with Crippen LogP contribution in [0.25, 0.3) is 0 Å². The summed E-state index contributed by atoms with van der Waals surface area (Å²) in [5.74, 6) is 0.604. The van der Waals surface area contributed by atoms with Crippen molar-refractivity contribution in [3.8, 4) is 0 Å². The second-order valence-corrected chi connectivity index (χ2v) is 3.68. The number of Topliss-reactive ketones (excluding diaryl/α,β-unsaturated/α-hetero) is 1. The highest BCUT2D eigenvalue weighted by Gasteiger charge is 2.09. The number of hydrogen-bond donors (Lipinski definition) is 0. The molecule has 0 heterocycles. The number of ketones is 1. The molecule has 0 aromatic heterocycles. The van der Waals surface area contributed by atoms with Gasteiger partial charge in [0.2, 0.25) is 0 Å². The summed E-state index contributed by atoms with van der Waals surface area (Å²) in [5.41, 5.74) is 1.59. The SMILES string of the molecule is [CH2]c1ccccc1C(=O)CC(C)C. The van der Waals surface area contributed by atoms with Crippen LogP contribution in [0.3, 0.4) is 0 Å². The van der Waals surface area contributed by atoms with E-state index in [1.54, 1.807) is 0 Å². The molecule has 0 atom stereocenters. The summed E-state index contributed by atoms with van der Waals surface area (Å²) in [6.45, 7) is 7.92. The molecule has 1 aromatic carbocycles. The zero-order chi connectivity index (χ0) is 9.84. The van der Waals surface area contributed by atoms with Gasteiger partial charge in [-0.2, -0.15) is 0 Å². The van der Waals surface area contributed by atoms with Gasteiger partial charge in [-0.1, -0.05) is 38.1 Å². The lowest BCUT2D eigenvalue weighted by molar-refractivity contribution is 0.0967.